The maximum atomic E-state index is 5.27. The van der Waals surface area contributed by atoms with E-state index < -0.39 is 10.8 Å². The summed E-state index contributed by atoms with van der Waals surface area (Å²) in [6.07, 6.45) is 2.17. The average molecular weight is 893 g/mol. The summed E-state index contributed by atoms with van der Waals surface area (Å²) in [7, 11) is 0. The summed E-state index contributed by atoms with van der Waals surface area (Å²) < 4.78 is 5.00. The Hall–Kier alpha value is -8.99. The monoisotopic (exact) mass is 892 g/mol. The number of rotatable bonds is 6. The molecule has 0 amide bonds. The SMILES string of the molecule is C1=C(c2ccc3c(c2)c2cccc4c2n3-c2ccccc2C4(c2ccccc2)c2ccccc2)CN=C(c2ccc3c(c2)c2cccc4c2n3-c2ccccc2C4(c2ccccc2)c2ccccc2)N1. The molecule has 12 aromatic rings. The molecular formula is C66H44N4. The van der Waals surface area contributed by atoms with Gasteiger partial charge >= 0.3 is 0 Å². The van der Waals surface area contributed by atoms with Crippen molar-refractivity contribution in [3.8, 4) is 11.4 Å². The summed E-state index contributed by atoms with van der Waals surface area (Å²) in [6, 6.07) is 89.8. The smallest absolute Gasteiger partial charge is 0.132 e. The predicted molar refractivity (Wildman–Crippen MR) is 288 cm³/mol. The predicted octanol–water partition coefficient (Wildman–Crippen LogP) is 14.7. The highest BCUT2D eigenvalue weighted by Gasteiger charge is 2.46. The highest BCUT2D eigenvalue weighted by molar-refractivity contribution is 6.16. The van der Waals surface area contributed by atoms with E-state index in [0.29, 0.717) is 6.54 Å². The normalized spacial score (nSPS) is 15.0. The number of hydrogen-bond donors (Lipinski definition) is 1. The van der Waals surface area contributed by atoms with Crippen LogP contribution in [-0.2, 0) is 10.8 Å². The molecule has 3 aliphatic rings. The summed E-state index contributed by atoms with van der Waals surface area (Å²) in [5.74, 6) is 0.879. The molecule has 0 atom stereocenters. The van der Waals surface area contributed by atoms with Gasteiger partial charge in [0.05, 0.1) is 50.8 Å². The van der Waals surface area contributed by atoms with Crippen LogP contribution >= 0.6 is 0 Å². The molecule has 15 rings (SSSR count). The molecule has 0 saturated carbocycles. The molecule has 70 heavy (non-hydrogen) atoms. The van der Waals surface area contributed by atoms with Crippen molar-refractivity contribution in [2.75, 3.05) is 6.54 Å². The standard InChI is InChI=1S/C66H44N4/c1-5-19-46(20-6-1)65(47-21-7-2-8-22-47)54-29-13-15-33-60(54)69-58-37-35-43(39-52(58)50-27-17-31-56(65)62(50)69)45-41-67-64(68-42-45)44-36-38-59-53(40-44)51-28-18-32-57-63(51)70(59)61-34-16-14-30-55(61)66(57,48-23-9-3-10-24-48)49-25-11-4-12-26-49/h1-41H,42H2,(H,67,68). The van der Waals surface area contributed by atoms with Crippen LogP contribution in [-0.4, -0.2) is 21.5 Å². The highest BCUT2D eigenvalue weighted by atomic mass is 15.0. The average Bonchev–Trinajstić information content (AvgIpc) is 3.97. The van der Waals surface area contributed by atoms with E-state index in [4.69, 9.17) is 4.99 Å². The van der Waals surface area contributed by atoms with Crippen LogP contribution in [0.25, 0.3) is 60.6 Å². The Bertz CT molecular complexity index is 3810. The molecule has 0 saturated heterocycles. The summed E-state index contributed by atoms with van der Waals surface area (Å²) in [5, 5.41) is 8.60. The van der Waals surface area contributed by atoms with Gasteiger partial charge in [-0.1, -0.05) is 200 Å². The minimum absolute atomic E-state index is 0.497. The number of amidine groups is 1. The molecule has 0 radical (unpaired) electrons. The Morgan fingerprint density at radius 1 is 0.357 bits per heavy atom. The second-order valence-corrected chi connectivity index (χ2v) is 19.0. The van der Waals surface area contributed by atoms with E-state index in [1.54, 1.807) is 0 Å². The number of benzene rings is 10. The van der Waals surface area contributed by atoms with Crippen LogP contribution in [0.3, 0.4) is 0 Å². The largest absolute Gasteiger partial charge is 0.346 e. The first-order valence-electron chi connectivity index (χ1n) is 24.3. The van der Waals surface area contributed by atoms with Crippen molar-refractivity contribution in [1.29, 1.82) is 0 Å². The Morgan fingerprint density at radius 3 is 1.20 bits per heavy atom. The molecule has 4 nitrogen and oxygen atoms in total. The fourth-order valence-electron chi connectivity index (χ4n) is 12.9. The van der Waals surface area contributed by atoms with Gasteiger partial charge < -0.3 is 14.5 Å². The number of aliphatic imine (C=N–C) groups is 1. The lowest BCUT2D eigenvalue weighted by molar-refractivity contribution is 0.728. The van der Waals surface area contributed by atoms with Crippen LogP contribution in [0.5, 0.6) is 0 Å². The fourth-order valence-corrected chi connectivity index (χ4v) is 12.9. The topological polar surface area (TPSA) is 34.2 Å². The van der Waals surface area contributed by atoms with E-state index >= 15 is 0 Å². The molecule has 0 bridgehead atoms. The third-order valence-electron chi connectivity index (χ3n) is 15.7. The van der Waals surface area contributed by atoms with Crippen LogP contribution in [0.15, 0.2) is 254 Å². The molecule has 3 aliphatic heterocycles. The third kappa shape index (κ3) is 5.12. The molecule has 4 heteroatoms. The van der Waals surface area contributed by atoms with Gasteiger partial charge in [0.2, 0.25) is 0 Å². The highest BCUT2D eigenvalue weighted by Crippen LogP contribution is 2.56. The van der Waals surface area contributed by atoms with Crippen molar-refractivity contribution < 1.29 is 0 Å². The van der Waals surface area contributed by atoms with Gasteiger partial charge in [0, 0.05) is 33.3 Å². The van der Waals surface area contributed by atoms with E-state index in [0.717, 1.165) is 17.0 Å². The molecular weight excluding hydrogens is 849 g/mol. The van der Waals surface area contributed by atoms with Crippen LogP contribution in [0.4, 0.5) is 0 Å². The van der Waals surface area contributed by atoms with Crippen molar-refractivity contribution in [2.45, 2.75) is 10.8 Å². The Morgan fingerprint density at radius 2 is 0.757 bits per heavy atom. The second-order valence-electron chi connectivity index (χ2n) is 19.0. The molecule has 2 aromatic heterocycles. The Labute approximate surface area is 405 Å². The zero-order valence-electron chi connectivity index (χ0n) is 38.2. The van der Waals surface area contributed by atoms with E-state index in [1.807, 2.05) is 0 Å². The Kier molecular flexibility index (Phi) is 8.23. The van der Waals surface area contributed by atoms with Crippen molar-refractivity contribution in [3.05, 3.63) is 304 Å². The molecule has 328 valence electrons. The first kappa shape index (κ1) is 39.0. The third-order valence-corrected chi connectivity index (χ3v) is 15.7. The maximum absolute atomic E-state index is 5.27. The van der Waals surface area contributed by atoms with E-state index in [-0.39, 0.29) is 0 Å². The van der Waals surface area contributed by atoms with Crippen LogP contribution in [0.1, 0.15) is 55.6 Å². The molecule has 5 heterocycles. The van der Waals surface area contributed by atoms with Gasteiger partial charge in [-0.05, 0) is 98.1 Å². The first-order valence-corrected chi connectivity index (χ1v) is 24.3. The van der Waals surface area contributed by atoms with E-state index in [2.05, 4.69) is 263 Å². The minimum atomic E-state index is -0.502. The van der Waals surface area contributed by atoms with Gasteiger partial charge in [0.25, 0.3) is 0 Å². The zero-order chi connectivity index (χ0) is 46.0. The Balaban J connectivity index is 0.838. The molecule has 0 aliphatic carbocycles. The van der Waals surface area contributed by atoms with Crippen molar-refractivity contribution in [3.63, 3.8) is 0 Å². The van der Waals surface area contributed by atoms with Gasteiger partial charge in [-0.2, -0.15) is 0 Å². The molecule has 0 spiro atoms. The van der Waals surface area contributed by atoms with E-state index in [1.165, 1.54) is 105 Å². The minimum Gasteiger partial charge on any atom is -0.346 e. The van der Waals surface area contributed by atoms with Crippen LogP contribution in [0.2, 0.25) is 0 Å². The summed E-state index contributed by atoms with van der Waals surface area (Å²) in [6.45, 7) is 0.569. The molecule has 0 unspecified atom stereocenters. The van der Waals surface area contributed by atoms with E-state index in [9.17, 15) is 0 Å². The quantitative estimate of drug-likeness (QED) is 0.177. The van der Waals surface area contributed by atoms with Gasteiger partial charge in [-0.3, -0.25) is 4.99 Å². The lowest BCUT2D eigenvalue weighted by atomic mass is 9.63. The lowest BCUT2D eigenvalue weighted by Gasteiger charge is -2.41. The van der Waals surface area contributed by atoms with Crippen molar-refractivity contribution >= 4 is 55.0 Å². The maximum Gasteiger partial charge on any atom is 0.132 e. The summed E-state index contributed by atoms with van der Waals surface area (Å²) in [5.41, 5.74) is 19.9. The van der Waals surface area contributed by atoms with Gasteiger partial charge in [0.15, 0.2) is 0 Å². The van der Waals surface area contributed by atoms with Crippen LogP contribution < -0.4 is 5.32 Å². The number of hydrogen-bond acceptors (Lipinski definition) is 2. The number of fused-ring (bicyclic) bond motifs is 10. The van der Waals surface area contributed by atoms with Gasteiger partial charge in [0.1, 0.15) is 5.84 Å². The number of nitrogens with zero attached hydrogens (tertiary/aromatic N) is 3. The number of nitrogens with one attached hydrogen (secondary N) is 1. The van der Waals surface area contributed by atoms with Crippen LogP contribution in [0, 0.1) is 0 Å². The fraction of sp³-hybridized carbons (Fsp3) is 0.0455. The van der Waals surface area contributed by atoms with Crippen molar-refractivity contribution in [1.82, 2.24) is 14.5 Å². The zero-order valence-corrected chi connectivity index (χ0v) is 38.2. The van der Waals surface area contributed by atoms with Crippen molar-refractivity contribution in [2.24, 2.45) is 4.99 Å². The first-order chi connectivity index (χ1) is 34.7. The van der Waals surface area contributed by atoms with Gasteiger partial charge in [-0.25, -0.2) is 0 Å². The summed E-state index contributed by atoms with van der Waals surface area (Å²) >= 11 is 0. The summed E-state index contributed by atoms with van der Waals surface area (Å²) in [4.78, 5) is 5.27. The number of aromatic nitrogens is 2. The molecule has 10 aromatic carbocycles. The second kappa shape index (κ2) is 14.8. The number of para-hydroxylation sites is 4. The lowest BCUT2D eigenvalue weighted by Crippen LogP contribution is -2.35. The molecule has 1 N–H and O–H groups in total. The van der Waals surface area contributed by atoms with Gasteiger partial charge in [-0.15, -0.1) is 0 Å². The molecule has 0 fully saturated rings.